The van der Waals surface area contributed by atoms with Crippen LogP contribution in [0.3, 0.4) is 0 Å². The minimum Gasteiger partial charge on any atom is -0.459 e. The number of hydrogen-bond donors (Lipinski definition) is 1. The maximum atomic E-state index is 13.0. The van der Waals surface area contributed by atoms with E-state index in [9.17, 15) is 4.79 Å². The largest absolute Gasteiger partial charge is 0.459 e. The van der Waals surface area contributed by atoms with E-state index >= 15 is 0 Å². The molecule has 138 valence electrons. The van der Waals surface area contributed by atoms with Gasteiger partial charge in [-0.3, -0.25) is 4.79 Å². The van der Waals surface area contributed by atoms with Crippen LogP contribution in [0.1, 0.15) is 27.7 Å². The Morgan fingerprint density at radius 3 is 2.50 bits per heavy atom. The fraction of sp³-hybridized carbons (Fsp3) is 0.0870. The first-order valence-electron chi connectivity index (χ1n) is 9.02. The molecule has 0 saturated carbocycles. The lowest BCUT2D eigenvalue weighted by Gasteiger charge is -2.17. The van der Waals surface area contributed by atoms with Crippen LogP contribution in [0.4, 0.5) is 0 Å². The average molecular weight is 371 g/mol. The molecule has 1 aliphatic heterocycles. The number of para-hydroxylation sites is 1. The molecular formula is C23H17NO4. The summed E-state index contributed by atoms with van der Waals surface area (Å²) in [5.41, 5.74) is 2.23. The summed E-state index contributed by atoms with van der Waals surface area (Å²) in [6, 6.07) is 24.3. The lowest BCUT2D eigenvalue weighted by Crippen LogP contribution is -2.29. The minimum atomic E-state index is -0.411. The first-order valence-corrected chi connectivity index (χ1v) is 9.02. The number of ether oxygens (including phenoxy) is 2. The Bertz CT molecular complexity index is 1120. The highest BCUT2D eigenvalue weighted by atomic mass is 16.7. The van der Waals surface area contributed by atoms with E-state index in [0.717, 1.165) is 16.5 Å². The number of furan rings is 1. The van der Waals surface area contributed by atoms with E-state index in [0.29, 0.717) is 22.8 Å². The minimum absolute atomic E-state index is 0.173. The molecule has 0 fully saturated rings. The molecule has 1 amide bonds. The van der Waals surface area contributed by atoms with Gasteiger partial charge in [-0.1, -0.05) is 48.5 Å². The number of benzene rings is 3. The lowest BCUT2D eigenvalue weighted by molar-refractivity contribution is 0.0939. The van der Waals surface area contributed by atoms with Crippen molar-refractivity contribution in [3.8, 4) is 11.5 Å². The van der Waals surface area contributed by atoms with E-state index in [2.05, 4.69) is 5.32 Å². The van der Waals surface area contributed by atoms with Crippen molar-refractivity contribution in [3.05, 3.63) is 95.7 Å². The van der Waals surface area contributed by atoms with E-state index in [1.807, 2.05) is 60.7 Å². The number of rotatable bonds is 4. The Hall–Kier alpha value is -3.73. The van der Waals surface area contributed by atoms with Gasteiger partial charge in [0.05, 0.1) is 0 Å². The van der Waals surface area contributed by atoms with E-state index in [1.54, 1.807) is 18.2 Å². The standard InChI is InChI=1S/C23H17NO4/c25-23(17-10-11-19-20(13-17)27-14-26-19)24-22(15-6-2-1-3-7-15)21-12-16-8-4-5-9-18(16)28-21/h1-13,22H,14H2,(H,24,25)/t22-/m1/s1. The Morgan fingerprint density at radius 2 is 1.64 bits per heavy atom. The molecule has 0 aliphatic carbocycles. The fourth-order valence-corrected chi connectivity index (χ4v) is 3.36. The van der Waals surface area contributed by atoms with Gasteiger partial charge in [0.15, 0.2) is 11.5 Å². The summed E-state index contributed by atoms with van der Waals surface area (Å²) >= 11 is 0. The third-order valence-electron chi connectivity index (χ3n) is 4.77. The van der Waals surface area contributed by atoms with Crippen molar-refractivity contribution < 1.29 is 18.7 Å². The summed E-state index contributed by atoms with van der Waals surface area (Å²) < 4.78 is 16.7. The summed E-state index contributed by atoms with van der Waals surface area (Å²) in [5, 5.41) is 4.09. The van der Waals surface area contributed by atoms with Crippen LogP contribution in [0.5, 0.6) is 11.5 Å². The number of fused-ring (bicyclic) bond motifs is 2. The third kappa shape index (κ3) is 2.97. The summed E-state index contributed by atoms with van der Waals surface area (Å²) in [4.78, 5) is 13.0. The molecular weight excluding hydrogens is 354 g/mol. The highest BCUT2D eigenvalue weighted by Gasteiger charge is 2.23. The Balaban J connectivity index is 1.50. The lowest BCUT2D eigenvalue weighted by atomic mass is 10.0. The van der Waals surface area contributed by atoms with Crippen LogP contribution in [-0.4, -0.2) is 12.7 Å². The molecule has 0 unspecified atom stereocenters. The summed E-state index contributed by atoms with van der Waals surface area (Å²) in [5.74, 6) is 1.69. The van der Waals surface area contributed by atoms with E-state index in [1.165, 1.54) is 0 Å². The van der Waals surface area contributed by atoms with Crippen LogP contribution < -0.4 is 14.8 Å². The van der Waals surface area contributed by atoms with Gasteiger partial charge in [0, 0.05) is 10.9 Å². The molecule has 5 rings (SSSR count). The summed E-state index contributed by atoms with van der Waals surface area (Å²) in [6.45, 7) is 0.173. The van der Waals surface area contributed by atoms with Crippen LogP contribution in [0.2, 0.25) is 0 Å². The van der Waals surface area contributed by atoms with Crippen molar-refractivity contribution in [3.63, 3.8) is 0 Å². The first-order chi connectivity index (χ1) is 13.8. The molecule has 0 spiro atoms. The molecule has 0 radical (unpaired) electrons. The van der Waals surface area contributed by atoms with Gasteiger partial charge < -0.3 is 19.2 Å². The molecule has 3 aromatic carbocycles. The van der Waals surface area contributed by atoms with Crippen molar-refractivity contribution in [2.45, 2.75) is 6.04 Å². The van der Waals surface area contributed by atoms with Gasteiger partial charge in [-0.2, -0.15) is 0 Å². The smallest absolute Gasteiger partial charge is 0.252 e. The fourth-order valence-electron chi connectivity index (χ4n) is 3.36. The normalized spacial score (nSPS) is 13.4. The summed E-state index contributed by atoms with van der Waals surface area (Å²) in [7, 11) is 0. The van der Waals surface area contributed by atoms with Crippen LogP contribution in [0, 0.1) is 0 Å². The van der Waals surface area contributed by atoms with E-state index in [-0.39, 0.29) is 12.7 Å². The zero-order chi connectivity index (χ0) is 18.9. The number of nitrogens with one attached hydrogen (secondary N) is 1. The van der Waals surface area contributed by atoms with Crippen molar-refractivity contribution in [2.75, 3.05) is 6.79 Å². The molecule has 1 aromatic heterocycles. The highest BCUT2D eigenvalue weighted by Crippen LogP contribution is 2.33. The highest BCUT2D eigenvalue weighted by molar-refractivity contribution is 5.95. The molecule has 1 aliphatic rings. The maximum absolute atomic E-state index is 13.0. The van der Waals surface area contributed by atoms with Crippen LogP contribution in [0.15, 0.2) is 83.3 Å². The summed E-state index contributed by atoms with van der Waals surface area (Å²) in [6.07, 6.45) is 0. The zero-order valence-electron chi connectivity index (χ0n) is 14.9. The molecule has 28 heavy (non-hydrogen) atoms. The molecule has 1 N–H and O–H groups in total. The number of amides is 1. The van der Waals surface area contributed by atoms with E-state index in [4.69, 9.17) is 13.9 Å². The predicted molar refractivity (Wildman–Crippen MR) is 105 cm³/mol. The molecule has 0 bridgehead atoms. The van der Waals surface area contributed by atoms with Crippen LogP contribution >= 0.6 is 0 Å². The number of carbonyl (C=O) groups is 1. The maximum Gasteiger partial charge on any atom is 0.252 e. The van der Waals surface area contributed by atoms with Crippen molar-refractivity contribution in [2.24, 2.45) is 0 Å². The number of hydrogen-bond acceptors (Lipinski definition) is 4. The quantitative estimate of drug-likeness (QED) is 0.566. The van der Waals surface area contributed by atoms with Gasteiger partial charge in [-0.05, 0) is 35.9 Å². The topological polar surface area (TPSA) is 60.7 Å². The molecule has 2 heterocycles. The van der Waals surface area contributed by atoms with Crippen LogP contribution in [-0.2, 0) is 0 Å². The third-order valence-corrected chi connectivity index (χ3v) is 4.77. The Kier molecular flexibility index (Phi) is 3.98. The molecule has 5 nitrogen and oxygen atoms in total. The molecule has 4 aromatic rings. The first kappa shape index (κ1) is 16.4. The van der Waals surface area contributed by atoms with Gasteiger partial charge in [0.2, 0.25) is 6.79 Å². The van der Waals surface area contributed by atoms with Crippen molar-refractivity contribution in [1.29, 1.82) is 0 Å². The monoisotopic (exact) mass is 371 g/mol. The predicted octanol–water partition coefficient (Wildman–Crippen LogP) is 4.68. The Morgan fingerprint density at radius 1 is 0.857 bits per heavy atom. The SMILES string of the molecule is O=C(N[C@H](c1ccccc1)c1cc2ccccc2o1)c1ccc2c(c1)OCO2. The van der Waals surface area contributed by atoms with Crippen LogP contribution in [0.25, 0.3) is 11.0 Å². The van der Waals surface area contributed by atoms with E-state index < -0.39 is 6.04 Å². The van der Waals surface area contributed by atoms with Gasteiger partial charge >= 0.3 is 0 Å². The average Bonchev–Trinajstić information content (AvgIpc) is 3.38. The zero-order valence-corrected chi connectivity index (χ0v) is 14.9. The van der Waals surface area contributed by atoms with Gasteiger partial charge in [0.25, 0.3) is 5.91 Å². The molecule has 5 heteroatoms. The number of carbonyl (C=O) groups excluding carboxylic acids is 1. The van der Waals surface area contributed by atoms with Gasteiger partial charge in [-0.25, -0.2) is 0 Å². The second kappa shape index (κ2) is 6.78. The second-order valence-corrected chi connectivity index (χ2v) is 6.57. The van der Waals surface area contributed by atoms with Crippen molar-refractivity contribution >= 4 is 16.9 Å². The molecule has 0 saturated heterocycles. The molecule has 1 atom stereocenters. The Labute approximate surface area is 161 Å². The van der Waals surface area contributed by atoms with Gasteiger partial charge in [0.1, 0.15) is 17.4 Å². The second-order valence-electron chi connectivity index (χ2n) is 6.57. The van der Waals surface area contributed by atoms with Crippen molar-refractivity contribution in [1.82, 2.24) is 5.32 Å². The van der Waals surface area contributed by atoms with Gasteiger partial charge in [-0.15, -0.1) is 0 Å².